The van der Waals surface area contributed by atoms with Gasteiger partial charge in [0.2, 0.25) is 5.91 Å². The average Bonchev–Trinajstić information content (AvgIpc) is 3.10. The summed E-state index contributed by atoms with van der Waals surface area (Å²) in [4.78, 5) is 11.7. The van der Waals surface area contributed by atoms with Crippen molar-refractivity contribution in [1.82, 2.24) is 10.5 Å². The molecule has 104 valence electrons. The first kappa shape index (κ1) is 12.9. The van der Waals surface area contributed by atoms with Crippen molar-refractivity contribution in [3.63, 3.8) is 0 Å². The Hall–Kier alpha value is -2.14. The van der Waals surface area contributed by atoms with Gasteiger partial charge in [0.15, 0.2) is 0 Å². The minimum absolute atomic E-state index is 0.326. The number of nitrogens with zero attached hydrogens (tertiary/aromatic N) is 1. The molecule has 1 aliphatic heterocycles. The van der Waals surface area contributed by atoms with Gasteiger partial charge in [0, 0.05) is 18.1 Å². The Morgan fingerprint density at radius 2 is 2.20 bits per heavy atom. The van der Waals surface area contributed by atoms with Crippen molar-refractivity contribution in [3.05, 3.63) is 42.2 Å². The van der Waals surface area contributed by atoms with Crippen molar-refractivity contribution in [2.24, 2.45) is 5.73 Å². The lowest BCUT2D eigenvalue weighted by atomic mass is 9.91. The maximum atomic E-state index is 11.7. The summed E-state index contributed by atoms with van der Waals surface area (Å²) in [7, 11) is 0. The van der Waals surface area contributed by atoms with Crippen molar-refractivity contribution in [2.75, 3.05) is 6.54 Å². The van der Waals surface area contributed by atoms with Crippen LogP contribution >= 0.6 is 0 Å². The fraction of sp³-hybridized carbons (Fsp3) is 0.333. The van der Waals surface area contributed by atoms with Crippen molar-refractivity contribution >= 4 is 5.91 Å². The first-order valence-electron chi connectivity index (χ1n) is 6.76. The number of benzene rings is 1. The van der Waals surface area contributed by atoms with Crippen LogP contribution in [0, 0.1) is 0 Å². The van der Waals surface area contributed by atoms with Gasteiger partial charge in [-0.05, 0) is 19.4 Å². The molecular formula is C15H17N3O2. The van der Waals surface area contributed by atoms with Crippen LogP contribution in [0.3, 0.4) is 0 Å². The number of carbonyl (C=O) groups excluding carboxylic acids is 1. The number of aromatic nitrogens is 1. The highest BCUT2D eigenvalue weighted by molar-refractivity contribution is 5.85. The maximum absolute atomic E-state index is 11.7. The SMILES string of the molecule is NC(=O)[C@@]1(Cc2cc(-c3ccccc3)no2)CCCN1. The molecule has 0 radical (unpaired) electrons. The Kier molecular flexibility index (Phi) is 3.28. The maximum Gasteiger partial charge on any atom is 0.238 e. The monoisotopic (exact) mass is 271 g/mol. The molecule has 1 aromatic heterocycles. The largest absolute Gasteiger partial charge is 0.368 e. The second kappa shape index (κ2) is 5.09. The second-order valence-electron chi connectivity index (χ2n) is 5.20. The summed E-state index contributed by atoms with van der Waals surface area (Å²) in [5, 5.41) is 7.27. The first-order chi connectivity index (χ1) is 9.70. The predicted octanol–water partition coefficient (Wildman–Crippen LogP) is 1.49. The summed E-state index contributed by atoms with van der Waals surface area (Å²) in [6.07, 6.45) is 2.13. The van der Waals surface area contributed by atoms with Gasteiger partial charge in [-0.2, -0.15) is 0 Å². The Bertz CT molecular complexity index is 601. The van der Waals surface area contributed by atoms with E-state index in [2.05, 4.69) is 10.5 Å². The van der Waals surface area contributed by atoms with Crippen LogP contribution in [0.15, 0.2) is 40.9 Å². The van der Waals surface area contributed by atoms with Gasteiger partial charge in [-0.15, -0.1) is 0 Å². The molecule has 1 amide bonds. The van der Waals surface area contributed by atoms with Gasteiger partial charge in [0.25, 0.3) is 0 Å². The number of carbonyl (C=O) groups is 1. The number of primary amides is 1. The van der Waals surface area contributed by atoms with E-state index in [1.165, 1.54) is 0 Å². The summed E-state index contributed by atoms with van der Waals surface area (Å²) in [5.74, 6) is 0.352. The fourth-order valence-corrected chi connectivity index (χ4v) is 2.69. The van der Waals surface area contributed by atoms with Gasteiger partial charge in [-0.25, -0.2) is 0 Å². The van der Waals surface area contributed by atoms with Gasteiger partial charge in [-0.3, -0.25) is 4.79 Å². The molecule has 1 fully saturated rings. The summed E-state index contributed by atoms with van der Waals surface area (Å²) >= 11 is 0. The van der Waals surface area contributed by atoms with E-state index >= 15 is 0 Å². The highest BCUT2D eigenvalue weighted by Gasteiger charge is 2.40. The van der Waals surface area contributed by atoms with E-state index in [-0.39, 0.29) is 5.91 Å². The van der Waals surface area contributed by atoms with Crippen LogP contribution < -0.4 is 11.1 Å². The molecule has 1 aliphatic rings. The van der Waals surface area contributed by atoms with Crippen molar-refractivity contribution in [3.8, 4) is 11.3 Å². The number of nitrogens with one attached hydrogen (secondary N) is 1. The van der Waals surface area contributed by atoms with E-state index in [0.29, 0.717) is 12.2 Å². The summed E-state index contributed by atoms with van der Waals surface area (Å²) in [6.45, 7) is 0.808. The second-order valence-corrected chi connectivity index (χ2v) is 5.20. The lowest BCUT2D eigenvalue weighted by molar-refractivity contribution is -0.124. The van der Waals surface area contributed by atoms with Crippen LogP contribution in [-0.2, 0) is 11.2 Å². The highest BCUT2D eigenvalue weighted by Crippen LogP contribution is 2.26. The van der Waals surface area contributed by atoms with E-state index in [0.717, 1.165) is 30.6 Å². The molecule has 0 bridgehead atoms. The van der Waals surface area contributed by atoms with Crippen LogP contribution in [0.5, 0.6) is 0 Å². The molecule has 1 atom stereocenters. The normalized spacial score (nSPS) is 22.0. The third kappa shape index (κ3) is 2.32. The van der Waals surface area contributed by atoms with Gasteiger partial charge in [0.1, 0.15) is 17.0 Å². The minimum atomic E-state index is -0.687. The quantitative estimate of drug-likeness (QED) is 0.882. The Balaban J connectivity index is 1.82. The van der Waals surface area contributed by atoms with Crippen LogP contribution in [0.2, 0.25) is 0 Å². The van der Waals surface area contributed by atoms with Crippen molar-refractivity contribution < 1.29 is 9.32 Å². The van der Waals surface area contributed by atoms with Gasteiger partial charge in [0.05, 0.1) is 0 Å². The van der Waals surface area contributed by atoms with Crippen molar-refractivity contribution in [1.29, 1.82) is 0 Å². The summed E-state index contributed by atoms with van der Waals surface area (Å²) < 4.78 is 5.36. The van der Waals surface area contributed by atoms with E-state index in [4.69, 9.17) is 10.3 Å². The summed E-state index contributed by atoms with van der Waals surface area (Å²) in [6, 6.07) is 11.7. The van der Waals surface area contributed by atoms with Crippen LogP contribution in [-0.4, -0.2) is 23.1 Å². The lowest BCUT2D eigenvalue weighted by Gasteiger charge is -2.23. The standard InChI is InChI=1S/C15H17N3O2/c16-14(19)15(7-4-8-17-15)10-12-9-13(18-20-12)11-5-2-1-3-6-11/h1-3,5-6,9,17H,4,7-8,10H2,(H2,16,19)/t15-/m0/s1. The third-order valence-electron chi connectivity index (χ3n) is 3.82. The molecule has 3 rings (SSSR count). The smallest absolute Gasteiger partial charge is 0.238 e. The molecule has 1 saturated heterocycles. The van der Waals surface area contributed by atoms with Crippen LogP contribution in [0.1, 0.15) is 18.6 Å². The number of amides is 1. The van der Waals surface area contributed by atoms with E-state index in [1.807, 2.05) is 36.4 Å². The van der Waals surface area contributed by atoms with Crippen LogP contribution in [0.25, 0.3) is 11.3 Å². The zero-order valence-corrected chi connectivity index (χ0v) is 11.1. The molecule has 2 heterocycles. The van der Waals surface area contributed by atoms with Gasteiger partial charge >= 0.3 is 0 Å². The molecule has 0 aliphatic carbocycles. The Morgan fingerprint density at radius 1 is 1.40 bits per heavy atom. The molecule has 0 spiro atoms. The zero-order valence-electron chi connectivity index (χ0n) is 11.1. The number of rotatable bonds is 4. The topological polar surface area (TPSA) is 81.2 Å². The van der Waals surface area contributed by atoms with E-state index in [9.17, 15) is 4.79 Å². The third-order valence-corrected chi connectivity index (χ3v) is 3.82. The Labute approximate surface area is 117 Å². The summed E-state index contributed by atoms with van der Waals surface area (Å²) in [5.41, 5.74) is 6.62. The van der Waals surface area contributed by atoms with Gasteiger partial charge < -0.3 is 15.6 Å². The van der Waals surface area contributed by atoms with Gasteiger partial charge in [-0.1, -0.05) is 35.5 Å². The molecule has 0 unspecified atom stereocenters. The number of nitrogens with two attached hydrogens (primary N) is 1. The zero-order chi connectivity index (χ0) is 14.0. The van der Waals surface area contributed by atoms with E-state index in [1.54, 1.807) is 0 Å². The fourth-order valence-electron chi connectivity index (χ4n) is 2.69. The molecule has 5 heteroatoms. The van der Waals surface area contributed by atoms with E-state index < -0.39 is 5.54 Å². The first-order valence-corrected chi connectivity index (χ1v) is 6.76. The molecule has 3 N–H and O–H groups in total. The molecule has 0 saturated carbocycles. The predicted molar refractivity (Wildman–Crippen MR) is 74.8 cm³/mol. The molecule has 1 aromatic carbocycles. The number of hydrogen-bond donors (Lipinski definition) is 2. The average molecular weight is 271 g/mol. The molecule has 20 heavy (non-hydrogen) atoms. The molecule has 5 nitrogen and oxygen atoms in total. The minimum Gasteiger partial charge on any atom is -0.368 e. The lowest BCUT2D eigenvalue weighted by Crippen LogP contribution is -2.53. The van der Waals surface area contributed by atoms with Crippen molar-refractivity contribution in [2.45, 2.75) is 24.8 Å². The molecule has 2 aromatic rings. The highest BCUT2D eigenvalue weighted by atomic mass is 16.5. The van der Waals surface area contributed by atoms with Crippen LogP contribution in [0.4, 0.5) is 0 Å². The molecular weight excluding hydrogens is 254 g/mol. The number of hydrogen-bond acceptors (Lipinski definition) is 4. The Morgan fingerprint density at radius 3 is 2.85 bits per heavy atom.